The van der Waals surface area contributed by atoms with Crippen molar-refractivity contribution in [3.63, 3.8) is 0 Å². The molecule has 0 radical (unpaired) electrons. The molecule has 2 heterocycles. The number of aromatic nitrogens is 3. The summed E-state index contributed by atoms with van der Waals surface area (Å²) >= 11 is 6.77. The van der Waals surface area contributed by atoms with Crippen LogP contribution >= 0.6 is 23.6 Å². The van der Waals surface area contributed by atoms with Gasteiger partial charge in [0.05, 0.1) is 17.8 Å². The van der Waals surface area contributed by atoms with E-state index in [1.165, 1.54) is 0 Å². The molecule has 0 aromatic carbocycles. The van der Waals surface area contributed by atoms with Gasteiger partial charge in [-0.2, -0.15) is 5.10 Å². The number of hydrogen-bond donors (Lipinski definition) is 2. The third-order valence-corrected chi connectivity index (χ3v) is 3.97. The molecule has 0 aliphatic heterocycles. The van der Waals surface area contributed by atoms with Crippen LogP contribution in [0.15, 0.2) is 11.6 Å². The second kappa shape index (κ2) is 6.71. The zero-order valence-corrected chi connectivity index (χ0v) is 13.1. The van der Waals surface area contributed by atoms with Crippen LogP contribution < -0.4 is 11.1 Å². The van der Waals surface area contributed by atoms with Crippen LogP contribution in [0.5, 0.6) is 0 Å². The maximum Gasteiger partial charge on any atom is 0.159 e. The second-order valence-corrected chi connectivity index (χ2v) is 5.62. The van der Waals surface area contributed by atoms with Gasteiger partial charge in [-0.1, -0.05) is 26.1 Å². The summed E-state index contributed by atoms with van der Waals surface area (Å²) in [5.41, 5.74) is 8.72. The van der Waals surface area contributed by atoms with Crippen molar-refractivity contribution >= 4 is 34.4 Å². The standard InChI is InChI=1S/C13H17N5S2/c1-3-8-9(4-2)17-18-13(11(8)12(14)19)16-7-10-15-5-6-20-10/h5-6H,3-4,7H2,1-2H3,(H2,14,19)(H,16,18). The molecule has 0 unspecified atom stereocenters. The molecular weight excluding hydrogens is 290 g/mol. The molecule has 7 heteroatoms. The zero-order valence-electron chi connectivity index (χ0n) is 11.5. The maximum absolute atomic E-state index is 5.87. The van der Waals surface area contributed by atoms with Crippen LogP contribution in [-0.2, 0) is 19.4 Å². The molecule has 2 aromatic rings. The fourth-order valence-electron chi connectivity index (χ4n) is 2.06. The van der Waals surface area contributed by atoms with Crippen molar-refractivity contribution in [2.45, 2.75) is 33.2 Å². The van der Waals surface area contributed by atoms with Gasteiger partial charge < -0.3 is 11.1 Å². The Morgan fingerprint density at radius 1 is 1.35 bits per heavy atom. The molecule has 2 aromatic heterocycles. The number of rotatable bonds is 6. The maximum atomic E-state index is 5.87. The molecule has 5 nitrogen and oxygen atoms in total. The molecule has 0 aliphatic rings. The van der Waals surface area contributed by atoms with Crippen molar-refractivity contribution in [2.75, 3.05) is 5.32 Å². The van der Waals surface area contributed by atoms with Crippen LogP contribution in [0.25, 0.3) is 0 Å². The molecular formula is C13H17N5S2. The molecule has 20 heavy (non-hydrogen) atoms. The fourth-order valence-corrected chi connectivity index (χ4v) is 2.84. The molecule has 2 rings (SSSR count). The lowest BCUT2D eigenvalue weighted by atomic mass is 10.0. The van der Waals surface area contributed by atoms with Crippen molar-refractivity contribution < 1.29 is 0 Å². The number of thiazole rings is 1. The van der Waals surface area contributed by atoms with E-state index >= 15 is 0 Å². The summed E-state index contributed by atoms with van der Waals surface area (Å²) in [7, 11) is 0. The lowest BCUT2D eigenvalue weighted by Gasteiger charge is -2.15. The Kier molecular flexibility index (Phi) is 4.97. The van der Waals surface area contributed by atoms with E-state index in [0.29, 0.717) is 17.4 Å². The van der Waals surface area contributed by atoms with E-state index in [9.17, 15) is 0 Å². The summed E-state index contributed by atoms with van der Waals surface area (Å²) in [4.78, 5) is 4.58. The lowest BCUT2D eigenvalue weighted by Crippen LogP contribution is -2.19. The third kappa shape index (κ3) is 3.10. The van der Waals surface area contributed by atoms with Gasteiger partial charge in [-0.05, 0) is 18.4 Å². The highest BCUT2D eigenvalue weighted by Gasteiger charge is 2.16. The SMILES string of the molecule is CCc1nnc(NCc2nccs2)c(C(N)=S)c1CC. The molecule has 106 valence electrons. The first-order chi connectivity index (χ1) is 9.67. The van der Waals surface area contributed by atoms with Crippen molar-refractivity contribution in [2.24, 2.45) is 5.73 Å². The molecule has 0 atom stereocenters. The number of anilines is 1. The predicted molar refractivity (Wildman–Crippen MR) is 86.1 cm³/mol. The number of thiocarbonyl (C=S) groups is 1. The van der Waals surface area contributed by atoms with Crippen LogP contribution in [0, 0.1) is 0 Å². The highest BCUT2D eigenvalue weighted by molar-refractivity contribution is 7.80. The van der Waals surface area contributed by atoms with Crippen molar-refractivity contribution in [3.05, 3.63) is 33.4 Å². The number of aryl methyl sites for hydroxylation is 1. The van der Waals surface area contributed by atoms with Crippen LogP contribution in [-0.4, -0.2) is 20.2 Å². The van der Waals surface area contributed by atoms with Crippen LogP contribution in [0.3, 0.4) is 0 Å². The normalized spacial score (nSPS) is 10.5. The lowest BCUT2D eigenvalue weighted by molar-refractivity contribution is 0.870. The van der Waals surface area contributed by atoms with Gasteiger partial charge in [0.1, 0.15) is 10.00 Å². The topological polar surface area (TPSA) is 76.7 Å². The highest BCUT2D eigenvalue weighted by atomic mass is 32.1. The minimum atomic E-state index is 0.355. The van der Waals surface area contributed by atoms with E-state index in [0.717, 1.165) is 34.7 Å². The molecule has 0 spiro atoms. The summed E-state index contributed by atoms with van der Waals surface area (Å²) in [6, 6.07) is 0. The monoisotopic (exact) mass is 307 g/mol. The van der Waals surface area contributed by atoms with Crippen molar-refractivity contribution in [1.29, 1.82) is 0 Å². The first-order valence-corrected chi connectivity index (χ1v) is 7.76. The average Bonchev–Trinajstić information content (AvgIpc) is 2.96. The van der Waals surface area contributed by atoms with Gasteiger partial charge in [-0.15, -0.1) is 16.4 Å². The average molecular weight is 307 g/mol. The molecule has 0 saturated heterocycles. The van der Waals surface area contributed by atoms with Gasteiger partial charge in [0.15, 0.2) is 5.82 Å². The smallest absolute Gasteiger partial charge is 0.159 e. The van der Waals surface area contributed by atoms with Crippen molar-refractivity contribution in [1.82, 2.24) is 15.2 Å². The summed E-state index contributed by atoms with van der Waals surface area (Å²) in [5.74, 6) is 0.641. The minimum absolute atomic E-state index is 0.355. The number of nitrogens with one attached hydrogen (secondary N) is 1. The van der Waals surface area contributed by atoms with E-state index in [2.05, 4.69) is 34.3 Å². The quantitative estimate of drug-likeness (QED) is 0.798. The summed E-state index contributed by atoms with van der Waals surface area (Å²) < 4.78 is 0. The zero-order chi connectivity index (χ0) is 14.5. The molecule has 0 saturated carbocycles. The molecule has 0 bridgehead atoms. The number of nitrogens with two attached hydrogens (primary N) is 1. The van der Waals surface area contributed by atoms with E-state index in [4.69, 9.17) is 18.0 Å². The van der Waals surface area contributed by atoms with Gasteiger partial charge in [-0.3, -0.25) is 0 Å². The van der Waals surface area contributed by atoms with E-state index < -0.39 is 0 Å². The Labute approximate surface area is 127 Å². The second-order valence-electron chi connectivity index (χ2n) is 4.20. The van der Waals surface area contributed by atoms with Gasteiger partial charge in [0.2, 0.25) is 0 Å². The summed E-state index contributed by atoms with van der Waals surface area (Å²) in [5, 5.41) is 14.6. The molecule has 0 amide bonds. The van der Waals surface area contributed by atoms with E-state index in [1.54, 1.807) is 17.5 Å². The van der Waals surface area contributed by atoms with Crippen LogP contribution in [0.4, 0.5) is 5.82 Å². The van der Waals surface area contributed by atoms with Gasteiger partial charge >= 0.3 is 0 Å². The molecule has 0 aliphatic carbocycles. The molecule has 0 fully saturated rings. The Morgan fingerprint density at radius 3 is 2.70 bits per heavy atom. The van der Waals surface area contributed by atoms with Crippen LogP contribution in [0.2, 0.25) is 0 Å². The van der Waals surface area contributed by atoms with Crippen molar-refractivity contribution in [3.8, 4) is 0 Å². The highest BCUT2D eigenvalue weighted by Crippen LogP contribution is 2.21. The first kappa shape index (κ1) is 14.8. The number of nitrogens with zero attached hydrogens (tertiary/aromatic N) is 3. The predicted octanol–water partition coefficient (Wildman–Crippen LogP) is 2.30. The summed E-state index contributed by atoms with van der Waals surface area (Å²) in [6.45, 7) is 4.72. The first-order valence-electron chi connectivity index (χ1n) is 6.47. The molecule has 3 N–H and O–H groups in total. The Hall–Kier alpha value is -1.60. The van der Waals surface area contributed by atoms with Gasteiger partial charge in [-0.25, -0.2) is 4.98 Å². The Balaban J connectivity index is 2.34. The van der Waals surface area contributed by atoms with E-state index in [1.807, 2.05) is 5.38 Å². The van der Waals surface area contributed by atoms with Crippen LogP contribution in [0.1, 0.15) is 35.7 Å². The third-order valence-electron chi connectivity index (χ3n) is 2.98. The fraction of sp³-hybridized carbons (Fsp3) is 0.385. The van der Waals surface area contributed by atoms with E-state index in [-0.39, 0.29) is 0 Å². The minimum Gasteiger partial charge on any atom is -0.389 e. The Morgan fingerprint density at radius 2 is 2.15 bits per heavy atom. The number of hydrogen-bond acceptors (Lipinski definition) is 6. The van der Waals surface area contributed by atoms with Gasteiger partial charge in [0, 0.05) is 11.6 Å². The largest absolute Gasteiger partial charge is 0.389 e. The Bertz CT molecular complexity index is 595. The van der Waals surface area contributed by atoms with Gasteiger partial charge in [0.25, 0.3) is 0 Å². The summed E-state index contributed by atoms with van der Waals surface area (Å²) in [6.07, 6.45) is 3.43.